The molecule has 0 bridgehead atoms. The normalized spacial score (nSPS) is 22.4. The van der Waals surface area contributed by atoms with E-state index in [0.717, 1.165) is 12.0 Å². The van der Waals surface area contributed by atoms with E-state index in [1.807, 2.05) is 13.0 Å². The minimum absolute atomic E-state index is 0.152. The highest BCUT2D eigenvalue weighted by Crippen LogP contribution is 2.35. The number of nitrogens with one attached hydrogen (secondary N) is 1. The van der Waals surface area contributed by atoms with Gasteiger partial charge in [0.1, 0.15) is 5.82 Å². The first-order chi connectivity index (χ1) is 7.72. The van der Waals surface area contributed by atoms with Crippen LogP contribution in [0.1, 0.15) is 31.0 Å². The van der Waals surface area contributed by atoms with Crippen molar-refractivity contribution in [1.29, 1.82) is 0 Å². The van der Waals surface area contributed by atoms with Gasteiger partial charge in [0.25, 0.3) is 0 Å². The van der Waals surface area contributed by atoms with Gasteiger partial charge >= 0.3 is 0 Å². The van der Waals surface area contributed by atoms with Crippen molar-refractivity contribution >= 4 is 0 Å². The Morgan fingerprint density at radius 1 is 1.50 bits per heavy atom. The minimum atomic E-state index is -0.152. The number of benzene rings is 1. The van der Waals surface area contributed by atoms with Crippen molar-refractivity contribution in [2.45, 2.75) is 26.3 Å². The first kappa shape index (κ1) is 11.2. The molecule has 0 spiro atoms. The van der Waals surface area contributed by atoms with Gasteiger partial charge in [-0.05, 0) is 42.5 Å². The molecular formula is C14H16FN. The second-order valence-corrected chi connectivity index (χ2v) is 4.31. The Kier molecular flexibility index (Phi) is 3.26. The molecule has 1 aliphatic carbocycles. The summed E-state index contributed by atoms with van der Waals surface area (Å²) in [5.41, 5.74) is 2.36. The summed E-state index contributed by atoms with van der Waals surface area (Å²) in [6.45, 7) is 4.68. The van der Waals surface area contributed by atoms with Crippen LogP contribution >= 0.6 is 0 Å². The molecule has 84 valence electrons. The van der Waals surface area contributed by atoms with Crippen LogP contribution in [0.15, 0.2) is 18.2 Å². The van der Waals surface area contributed by atoms with Gasteiger partial charge in [0, 0.05) is 6.04 Å². The highest BCUT2D eigenvalue weighted by atomic mass is 19.1. The highest BCUT2D eigenvalue weighted by molar-refractivity contribution is 5.36. The molecule has 1 aromatic rings. The molecule has 1 N–H and O–H groups in total. The topological polar surface area (TPSA) is 12.0 Å². The predicted octanol–water partition coefficient (Wildman–Crippen LogP) is 2.67. The number of hydrogen-bond acceptors (Lipinski definition) is 1. The fraction of sp³-hybridized carbons (Fsp3) is 0.429. The zero-order valence-corrected chi connectivity index (χ0v) is 9.68. The molecule has 1 aliphatic rings. The van der Waals surface area contributed by atoms with E-state index in [0.29, 0.717) is 12.5 Å². The number of halogens is 1. The molecule has 2 unspecified atom stereocenters. The van der Waals surface area contributed by atoms with Crippen LogP contribution in [0.25, 0.3) is 0 Å². The smallest absolute Gasteiger partial charge is 0.123 e. The molecule has 16 heavy (non-hydrogen) atoms. The van der Waals surface area contributed by atoms with Gasteiger partial charge in [-0.2, -0.15) is 0 Å². The Morgan fingerprint density at radius 3 is 3.06 bits per heavy atom. The van der Waals surface area contributed by atoms with E-state index in [1.165, 1.54) is 5.56 Å². The third-order valence-corrected chi connectivity index (χ3v) is 3.14. The van der Waals surface area contributed by atoms with E-state index in [9.17, 15) is 4.39 Å². The maximum atomic E-state index is 13.2. The molecule has 2 atom stereocenters. The van der Waals surface area contributed by atoms with E-state index in [2.05, 4.69) is 24.1 Å². The van der Waals surface area contributed by atoms with Gasteiger partial charge in [0.15, 0.2) is 0 Å². The summed E-state index contributed by atoms with van der Waals surface area (Å²) in [6.07, 6.45) is 1.02. The maximum absolute atomic E-state index is 13.2. The molecule has 0 saturated carbocycles. The third kappa shape index (κ3) is 2.10. The predicted molar refractivity (Wildman–Crippen MR) is 63.5 cm³/mol. The summed E-state index contributed by atoms with van der Waals surface area (Å²) in [6, 6.07) is 5.33. The molecule has 2 rings (SSSR count). The lowest BCUT2D eigenvalue weighted by Crippen LogP contribution is -2.24. The summed E-state index contributed by atoms with van der Waals surface area (Å²) in [4.78, 5) is 0. The standard InChI is InChI=1S/C14H16FN/c1-3-4-7-16-14-10(2)8-11-5-6-12(15)9-13(11)14/h5-6,9-10,14,16H,7-8H2,1-2H3. The molecule has 0 saturated heterocycles. The molecule has 0 aliphatic heterocycles. The molecule has 1 nitrogen and oxygen atoms in total. The zero-order valence-electron chi connectivity index (χ0n) is 9.68. The van der Waals surface area contributed by atoms with E-state index >= 15 is 0 Å². The van der Waals surface area contributed by atoms with Gasteiger partial charge in [-0.25, -0.2) is 4.39 Å². The summed E-state index contributed by atoms with van der Waals surface area (Å²) in [7, 11) is 0. The van der Waals surface area contributed by atoms with Crippen molar-refractivity contribution < 1.29 is 4.39 Å². The molecule has 0 heterocycles. The van der Waals surface area contributed by atoms with Crippen molar-refractivity contribution in [3.05, 3.63) is 35.1 Å². The van der Waals surface area contributed by atoms with Crippen molar-refractivity contribution in [2.75, 3.05) is 6.54 Å². The summed E-state index contributed by atoms with van der Waals surface area (Å²) in [5, 5.41) is 3.38. The van der Waals surface area contributed by atoms with Crippen LogP contribution in [0.2, 0.25) is 0 Å². The summed E-state index contributed by atoms with van der Waals surface area (Å²) < 4.78 is 13.2. The first-order valence-electron chi connectivity index (χ1n) is 5.63. The van der Waals surface area contributed by atoms with Crippen molar-refractivity contribution in [2.24, 2.45) is 5.92 Å². The Hall–Kier alpha value is -1.33. The number of rotatable bonds is 2. The molecule has 0 radical (unpaired) electrons. The van der Waals surface area contributed by atoms with Gasteiger partial charge in [0.05, 0.1) is 6.54 Å². The first-order valence-corrected chi connectivity index (χ1v) is 5.63. The third-order valence-electron chi connectivity index (χ3n) is 3.14. The fourth-order valence-electron chi connectivity index (χ4n) is 2.37. The Balaban J connectivity index is 2.19. The molecule has 1 aromatic carbocycles. The van der Waals surface area contributed by atoms with Crippen molar-refractivity contribution in [3.63, 3.8) is 0 Å². The van der Waals surface area contributed by atoms with Gasteiger partial charge in [0.2, 0.25) is 0 Å². The summed E-state index contributed by atoms with van der Waals surface area (Å²) in [5.74, 6) is 6.20. The average molecular weight is 217 g/mol. The Bertz CT molecular complexity index is 442. The van der Waals surface area contributed by atoms with E-state index in [4.69, 9.17) is 0 Å². The number of hydrogen-bond donors (Lipinski definition) is 1. The van der Waals surface area contributed by atoms with E-state index in [-0.39, 0.29) is 11.9 Å². The van der Waals surface area contributed by atoms with Crippen LogP contribution in [0.3, 0.4) is 0 Å². The van der Waals surface area contributed by atoms with Gasteiger partial charge < -0.3 is 0 Å². The lowest BCUT2D eigenvalue weighted by Gasteiger charge is -2.17. The van der Waals surface area contributed by atoms with Crippen LogP contribution in [0.4, 0.5) is 4.39 Å². The lowest BCUT2D eigenvalue weighted by molar-refractivity contribution is 0.434. The monoisotopic (exact) mass is 217 g/mol. The van der Waals surface area contributed by atoms with Crippen LogP contribution in [0.5, 0.6) is 0 Å². The van der Waals surface area contributed by atoms with Gasteiger partial charge in [-0.3, -0.25) is 5.32 Å². The van der Waals surface area contributed by atoms with Crippen molar-refractivity contribution in [3.8, 4) is 11.8 Å². The summed E-state index contributed by atoms with van der Waals surface area (Å²) >= 11 is 0. The van der Waals surface area contributed by atoms with Crippen LogP contribution in [-0.2, 0) is 6.42 Å². The van der Waals surface area contributed by atoms with Crippen LogP contribution in [-0.4, -0.2) is 6.54 Å². The quantitative estimate of drug-likeness (QED) is 0.751. The van der Waals surface area contributed by atoms with Crippen LogP contribution < -0.4 is 5.32 Å². The molecule has 2 heteroatoms. The maximum Gasteiger partial charge on any atom is 0.123 e. The van der Waals surface area contributed by atoms with E-state index in [1.54, 1.807) is 12.1 Å². The Morgan fingerprint density at radius 2 is 2.31 bits per heavy atom. The molecule has 0 amide bonds. The van der Waals surface area contributed by atoms with E-state index < -0.39 is 0 Å². The fourth-order valence-corrected chi connectivity index (χ4v) is 2.37. The SMILES string of the molecule is CC#CCNC1c2cc(F)ccc2CC1C. The minimum Gasteiger partial charge on any atom is -0.299 e. The van der Waals surface area contributed by atoms with Crippen molar-refractivity contribution in [1.82, 2.24) is 5.32 Å². The van der Waals surface area contributed by atoms with Gasteiger partial charge in [-0.1, -0.05) is 18.9 Å². The Labute approximate surface area is 96.1 Å². The highest BCUT2D eigenvalue weighted by Gasteiger charge is 2.28. The second-order valence-electron chi connectivity index (χ2n) is 4.31. The lowest BCUT2D eigenvalue weighted by atomic mass is 10.0. The van der Waals surface area contributed by atoms with Gasteiger partial charge in [-0.15, -0.1) is 5.92 Å². The molecular weight excluding hydrogens is 201 g/mol. The molecule has 0 fully saturated rings. The van der Waals surface area contributed by atoms with Crippen LogP contribution in [0, 0.1) is 23.6 Å². The zero-order chi connectivity index (χ0) is 11.5. The number of fused-ring (bicyclic) bond motifs is 1. The molecule has 0 aromatic heterocycles. The second kappa shape index (κ2) is 4.67. The average Bonchev–Trinajstić information content (AvgIpc) is 2.56. The largest absolute Gasteiger partial charge is 0.299 e.